The number of nitrogens with zero attached hydrogens (tertiary/aromatic N) is 1. The topological polar surface area (TPSA) is 24.4 Å². The second-order valence-electron chi connectivity index (χ2n) is 1.56. The van der Waals surface area contributed by atoms with Crippen LogP contribution in [0, 0.1) is 0 Å². The molecule has 0 amide bonds. The third-order valence-electron chi connectivity index (χ3n) is 0.830. The van der Waals surface area contributed by atoms with E-state index in [9.17, 15) is 0 Å². The van der Waals surface area contributed by atoms with Crippen LogP contribution in [0.4, 0.5) is 0 Å². The highest BCUT2D eigenvalue weighted by Crippen LogP contribution is 1.84. The average molecular weight is 157 g/mol. The van der Waals surface area contributed by atoms with E-state index in [4.69, 9.17) is 0 Å². The van der Waals surface area contributed by atoms with Gasteiger partial charge in [0.2, 0.25) is 0 Å². The number of hydrogen-bond acceptors (Lipinski definition) is 2. The van der Waals surface area contributed by atoms with Gasteiger partial charge < -0.3 is 5.32 Å². The Bertz CT molecular complexity index is 66.4. The molecule has 50 valence electrons. The molecule has 0 aromatic carbocycles. The van der Waals surface area contributed by atoms with E-state index in [-0.39, 0.29) is 24.8 Å². The molecule has 8 heavy (non-hydrogen) atoms. The number of aliphatic imine (C=N–C) groups is 1. The zero-order valence-corrected chi connectivity index (χ0v) is 6.26. The summed E-state index contributed by atoms with van der Waals surface area (Å²) in [4.78, 5) is 3.93. The van der Waals surface area contributed by atoms with E-state index in [2.05, 4.69) is 17.2 Å². The minimum absolute atomic E-state index is 0. The smallest absolute Gasteiger partial charge is 0.0827 e. The Morgan fingerprint density at radius 1 is 1.62 bits per heavy atom. The molecule has 0 saturated carbocycles. The summed E-state index contributed by atoms with van der Waals surface area (Å²) in [7, 11) is 0. The van der Waals surface area contributed by atoms with Gasteiger partial charge >= 0.3 is 0 Å². The predicted octanol–water partition coefficient (Wildman–Crippen LogP) is 0.850. The summed E-state index contributed by atoms with van der Waals surface area (Å²) in [6.45, 7) is 3.05. The zero-order chi connectivity index (χ0) is 4.41. The molecule has 1 aliphatic heterocycles. The molecule has 0 saturated heterocycles. The molecule has 0 radical (unpaired) electrons. The maximum absolute atomic E-state index is 3.93. The van der Waals surface area contributed by atoms with Crippen LogP contribution in [0.25, 0.3) is 0 Å². The highest BCUT2D eigenvalue weighted by molar-refractivity contribution is 5.85. The van der Waals surface area contributed by atoms with Crippen molar-refractivity contribution in [1.29, 1.82) is 0 Å². The molecule has 1 rings (SSSR count). The van der Waals surface area contributed by atoms with Gasteiger partial charge in [-0.2, -0.15) is 0 Å². The number of nitrogens with one attached hydrogen (secondary N) is 1. The lowest BCUT2D eigenvalue weighted by atomic mass is 10.4. The minimum Gasteiger partial charge on any atom is -0.372 e. The van der Waals surface area contributed by atoms with E-state index < -0.39 is 0 Å². The van der Waals surface area contributed by atoms with Crippen LogP contribution in [0.3, 0.4) is 0 Å². The van der Waals surface area contributed by atoms with Crippen molar-refractivity contribution >= 4 is 31.2 Å². The third kappa shape index (κ3) is 3.10. The van der Waals surface area contributed by atoms with Crippen molar-refractivity contribution in [3.05, 3.63) is 0 Å². The summed E-state index contributed by atoms with van der Waals surface area (Å²) in [5.74, 6) is 0. The van der Waals surface area contributed by atoms with E-state index >= 15 is 0 Å². The Hall–Kier alpha value is 0.0500. The van der Waals surface area contributed by atoms with E-state index in [1.165, 1.54) is 0 Å². The van der Waals surface area contributed by atoms with Crippen molar-refractivity contribution in [2.24, 2.45) is 4.99 Å². The molecule has 1 aliphatic rings. The second kappa shape index (κ2) is 5.19. The van der Waals surface area contributed by atoms with Crippen molar-refractivity contribution in [3.8, 4) is 0 Å². The Morgan fingerprint density at radius 2 is 2.25 bits per heavy atom. The van der Waals surface area contributed by atoms with Crippen LogP contribution < -0.4 is 5.32 Å². The summed E-state index contributed by atoms with van der Waals surface area (Å²) >= 11 is 0. The van der Waals surface area contributed by atoms with Gasteiger partial charge in [-0.25, -0.2) is 0 Å². The number of hydrogen-bond donors (Lipinski definition) is 1. The molecule has 1 heterocycles. The lowest BCUT2D eigenvalue weighted by Crippen LogP contribution is -2.19. The Kier molecular flexibility index (Phi) is 7.09. The average Bonchev–Trinajstić information content (AvgIpc) is 1.86. The van der Waals surface area contributed by atoms with Crippen LogP contribution in [-0.2, 0) is 0 Å². The van der Waals surface area contributed by atoms with Gasteiger partial charge in [-0.3, -0.25) is 4.99 Å². The van der Waals surface area contributed by atoms with Crippen LogP contribution >= 0.6 is 24.8 Å². The fourth-order valence-electron chi connectivity index (χ4n) is 0.443. The molecule has 1 atom stereocenters. The van der Waals surface area contributed by atoms with Crippen LogP contribution in [0.15, 0.2) is 4.99 Å². The standard InChI is InChI=1S/C4H8N2.2ClH/c1-4-2-5-3-6-4;;/h3-4H,2H2,1H3,(H,5,6);2*1H. The summed E-state index contributed by atoms with van der Waals surface area (Å²) < 4.78 is 0. The molecule has 0 aromatic rings. The molecule has 1 N–H and O–H groups in total. The largest absolute Gasteiger partial charge is 0.372 e. The zero-order valence-electron chi connectivity index (χ0n) is 4.63. The summed E-state index contributed by atoms with van der Waals surface area (Å²) in [6, 6.07) is 0.574. The molecular formula is C4H10Cl2N2. The van der Waals surface area contributed by atoms with Gasteiger partial charge in [-0.15, -0.1) is 24.8 Å². The van der Waals surface area contributed by atoms with Crippen LogP contribution in [0.1, 0.15) is 6.92 Å². The molecular weight excluding hydrogens is 147 g/mol. The quantitative estimate of drug-likeness (QED) is 0.553. The van der Waals surface area contributed by atoms with Gasteiger partial charge in [-0.05, 0) is 6.92 Å². The Labute approximate surface area is 61.6 Å². The molecule has 0 aliphatic carbocycles. The number of rotatable bonds is 0. The van der Waals surface area contributed by atoms with Gasteiger partial charge in [0, 0.05) is 6.04 Å². The predicted molar refractivity (Wildman–Crippen MR) is 40.5 cm³/mol. The lowest BCUT2D eigenvalue weighted by molar-refractivity contribution is 0.729. The summed E-state index contributed by atoms with van der Waals surface area (Å²) in [5.41, 5.74) is 0. The van der Waals surface area contributed by atoms with Crippen molar-refractivity contribution in [2.45, 2.75) is 13.0 Å². The maximum atomic E-state index is 3.93. The lowest BCUT2D eigenvalue weighted by Gasteiger charge is -1.94. The first-order valence-electron chi connectivity index (χ1n) is 2.14. The second-order valence-corrected chi connectivity index (χ2v) is 1.56. The van der Waals surface area contributed by atoms with Gasteiger partial charge in [0.25, 0.3) is 0 Å². The van der Waals surface area contributed by atoms with Crippen molar-refractivity contribution in [1.82, 2.24) is 5.32 Å². The molecule has 0 aromatic heterocycles. The van der Waals surface area contributed by atoms with E-state index in [0.29, 0.717) is 6.04 Å². The summed E-state index contributed by atoms with van der Waals surface area (Å²) in [5, 5.41) is 3.03. The van der Waals surface area contributed by atoms with Gasteiger partial charge in [-0.1, -0.05) is 0 Å². The highest BCUT2D eigenvalue weighted by Gasteiger charge is 1.98. The molecule has 2 nitrogen and oxygen atoms in total. The first-order chi connectivity index (χ1) is 2.89. The normalized spacial score (nSPS) is 22.9. The minimum atomic E-state index is 0. The van der Waals surface area contributed by atoms with Crippen molar-refractivity contribution in [3.63, 3.8) is 0 Å². The molecule has 0 fully saturated rings. The Morgan fingerprint density at radius 3 is 2.38 bits per heavy atom. The molecule has 1 unspecified atom stereocenters. The van der Waals surface area contributed by atoms with Gasteiger partial charge in [0.1, 0.15) is 0 Å². The van der Waals surface area contributed by atoms with Gasteiger partial charge in [0.05, 0.1) is 12.9 Å². The fourth-order valence-corrected chi connectivity index (χ4v) is 0.443. The fraction of sp³-hybridized carbons (Fsp3) is 0.750. The maximum Gasteiger partial charge on any atom is 0.0827 e. The monoisotopic (exact) mass is 156 g/mol. The van der Waals surface area contributed by atoms with Crippen LogP contribution in [-0.4, -0.2) is 18.9 Å². The first-order valence-corrected chi connectivity index (χ1v) is 2.14. The van der Waals surface area contributed by atoms with E-state index in [1.54, 1.807) is 6.34 Å². The first kappa shape index (κ1) is 10.9. The third-order valence-corrected chi connectivity index (χ3v) is 0.830. The highest BCUT2D eigenvalue weighted by atomic mass is 35.5. The molecule has 0 spiro atoms. The SMILES string of the molecule is CC1CN=CN1.Cl.Cl. The van der Waals surface area contributed by atoms with Gasteiger partial charge in [0.15, 0.2) is 0 Å². The Balaban J connectivity index is 0. The van der Waals surface area contributed by atoms with Crippen molar-refractivity contribution in [2.75, 3.05) is 6.54 Å². The van der Waals surface area contributed by atoms with Crippen LogP contribution in [0.2, 0.25) is 0 Å². The molecule has 0 bridgehead atoms. The molecule has 4 heteroatoms. The van der Waals surface area contributed by atoms with E-state index in [1.807, 2.05) is 0 Å². The van der Waals surface area contributed by atoms with Crippen LogP contribution in [0.5, 0.6) is 0 Å². The van der Waals surface area contributed by atoms with Crippen molar-refractivity contribution < 1.29 is 0 Å². The summed E-state index contributed by atoms with van der Waals surface area (Å²) in [6.07, 6.45) is 1.75. The number of halogens is 2. The van der Waals surface area contributed by atoms with E-state index in [0.717, 1.165) is 6.54 Å².